The molecular formula is C22H17F2NO2. The molecule has 1 aliphatic rings. The largest absolute Gasteiger partial charge is 0.491 e. The third kappa shape index (κ3) is 3.82. The Morgan fingerprint density at radius 1 is 0.852 bits per heavy atom. The van der Waals surface area contributed by atoms with E-state index >= 15 is 0 Å². The molecule has 27 heavy (non-hydrogen) atoms. The summed E-state index contributed by atoms with van der Waals surface area (Å²) in [5.74, 6) is -0.687. The summed E-state index contributed by atoms with van der Waals surface area (Å²) in [5.41, 5.74) is 2.00. The van der Waals surface area contributed by atoms with E-state index in [1.54, 1.807) is 0 Å². The highest BCUT2D eigenvalue weighted by Gasteiger charge is 2.25. The molecule has 0 bridgehead atoms. The Morgan fingerprint density at radius 3 is 2.22 bits per heavy atom. The summed E-state index contributed by atoms with van der Waals surface area (Å²) in [7, 11) is 0. The molecule has 1 atom stereocenters. The lowest BCUT2D eigenvalue weighted by atomic mass is 10.1. The monoisotopic (exact) mass is 365 g/mol. The summed E-state index contributed by atoms with van der Waals surface area (Å²) < 4.78 is 38.8. The van der Waals surface area contributed by atoms with Gasteiger partial charge in [-0.2, -0.15) is 0 Å². The molecule has 0 aromatic heterocycles. The molecule has 1 aliphatic heterocycles. The van der Waals surface area contributed by atoms with E-state index in [2.05, 4.69) is 4.99 Å². The maximum Gasteiger partial charge on any atom is 0.222 e. The van der Waals surface area contributed by atoms with Crippen molar-refractivity contribution >= 4 is 5.90 Å². The highest BCUT2D eigenvalue weighted by atomic mass is 19.1. The van der Waals surface area contributed by atoms with Crippen LogP contribution in [0.4, 0.5) is 8.78 Å². The molecule has 1 heterocycles. The maximum absolute atomic E-state index is 13.8. The number of aliphatic imine (C=N–C) groups is 1. The van der Waals surface area contributed by atoms with Gasteiger partial charge in [-0.15, -0.1) is 0 Å². The lowest BCUT2D eigenvalue weighted by Crippen LogP contribution is -2.16. The maximum atomic E-state index is 13.8. The quantitative estimate of drug-likeness (QED) is 0.647. The predicted molar refractivity (Wildman–Crippen MR) is 100 cm³/mol. The average Bonchev–Trinajstić information content (AvgIpc) is 3.16. The van der Waals surface area contributed by atoms with E-state index in [1.165, 1.54) is 18.2 Å². The molecule has 136 valence electrons. The normalized spacial score (nSPS) is 15.9. The Morgan fingerprint density at radius 2 is 1.52 bits per heavy atom. The number of ether oxygens (including phenoxy) is 2. The molecule has 0 amide bonds. The minimum absolute atomic E-state index is 0.0152. The van der Waals surface area contributed by atoms with Gasteiger partial charge in [-0.1, -0.05) is 48.5 Å². The van der Waals surface area contributed by atoms with Gasteiger partial charge in [0, 0.05) is 0 Å². The number of hydrogen-bond acceptors (Lipinski definition) is 3. The second kappa shape index (κ2) is 7.58. The Bertz CT molecular complexity index is 936. The fourth-order valence-corrected chi connectivity index (χ4v) is 2.91. The number of rotatable bonds is 5. The molecule has 0 spiro atoms. The van der Waals surface area contributed by atoms with Gasteiger partial charge in [0.1, 0.15) is 42.2 Å². The first-order valence-corrected chi connectivity index (χ1v) is 8.64. The van der Waals surface area contributed by atoms with Crippen LogP contribution in [0.5, 0.6) is 5.75 Å². The topological polar surface area (TPSA) is 30.8 Å². The lowest BCUT2D eigenvalue weighted by molar-refractivity contribution is 0.242. The second-order valence-electron chi connectivity index (χ2n) is 6.20. The molecule has 3 aromatic carbocycles. The van der Waals surface area contributed by atoms with Gasteiger partial charge >= 0.3 is 0 Å². The van der Waals surface area contributed by atoms with E-state index < -0.39 is 11.6 Å². The summed E-state index contributed by atoms with van der Waals surface area (Å²) in [6.45, 7) is 0.495. The van der Waals surface area contributed by atoms with Gasteiger partial charge in [0.2, 0.25) is 5.90 Å². The van der Waals surface area contributed by atoms with Gasteiger partial charge in [0.05, 0.1) is 0 Å². The fourth-order valence-electron chi connectivity index (χ4n) is 2.91. The summed E-state index contributed by atoms with van der Waals surface area (Å²) in [4.78, 5) is 4.25. The van der Waals surface area contributed by atoms with Crippen molar-refractivity contribution < 1.29 is 18.3 Å². The highest BCUT2D eigenvalue weighted by molar-refractivity contribution is 5.95. The second-order valence-corrected chi connectivity index (χ2v) is 6.20. The van der Waals surface area contributed by atoms with E-state index in [9.17, 15) is 8.78 Å². The highest BCUT2D eigenvalue weighted by Crippen LogP contribution is 2.23. The van der Waals surface area contributed by atoms with E-state index in [1.807, 2.05) is 54.6 Å². The van der Waals surface area contributed by atoms with Crippen LogP contribution in [-0.4, -0.2) is 25.2 Å². The zero-order valence-electron chi connectivity index (χ0n) is 14.4. The average molecular weight is 365 g/mol. The summed E-state index contributed by atoms with van der Waals surface area (Å²) >= 11 is 0. The predicted octanol–water partition coefficient (Wildman–Crippen LogP) is 4.86. The van der Waals surface area contributed by atoms with E-state index in [0.717, 1.165) is 11.1 Å². The SMILES string of the molecule is Fc1cccc(F)c1C1=NC(COc2ccc(-c3ccccc3)cc2)CO1. The molecule has 0 N–H and O–H groups in total. The van der Waals surface area contributed by atoms with Crippen LogP contribution in [-0.2, 0) is 4.74 Å². The van der Waals surface area contributed by atoms with Crippen molar-refractivity contribution in [2.45, 2.75) is 6.04 Å². The molecule has 5 heteroatoms. The standard InChI is InChI=1S/C22H17F2NO2/c23-19-7-4-8-20(24)21(19)22-25-17(14-27-22)13-26-18-11-9-16(10-12-18)15-5-2-1-3-6-15/h1-12,17H,13-14H2. The molecule has 3 aromatic rings. The van der Waals surface area contributed by atoms with Gasteiger partial charge < -0.3 is 9.47 Å². The molecule has 0 saturated carbocycles. The van der Waals surface area contributed by atoms with Crippen LogP contribution >= 0.6 is 0 Å². The first kappa shape index (κ1) is 17.2. The van der Waals surface area contributed by atoms with Crippen molar-refractivity contribution in [1.82, 2.24) is 0 Å². The van der Waals surface area contributed by atoms with Gasteiger partial charge in [-0.25, -0.2) is 13.8 Å². The van der Waals surface area contributed by atoms with Gasteiger partial charge in [0.15, 0.2) is 0 Å². The Labute approximate surface area is 155 Å². The first-order chi connectivity index (χ1) is 13.2. The van der Waals surface area contributed by atoms with Crippen LogP contribution in [0.25, 0.3) is 11.1 Å². The van der Waals surface area contributed by atoms with Crippen LogP contribution in [0.1, 0.15) is 5.56 Å². The van der Waals surface area contributed by atoms with Gasteiger partial charge in [-0.3, -0.25) is 0 Å². The number of nitrogens with zero attached hydrogens (tertiary/aromatic N) is 1. The van der Waals surface area contributed by atoms with Crippen LogP contribution in [0, 0.1) is 11.6 Å². The van der Waals surface area contributed by atoms with Crippen molar-refractivity contribution in [3.63, 3.8) is 0 Å². The van der Waals surface area contributed by atoms with E-state index in [4.69, 9.17) is 9.47 Å². The van der Waals surface area contributed by atoms with Crippen LogP contribution < -0.4 is 4.74 Å². The van der Waals surface area contributed by atoms with Crippen molar-refractivity contribution in [3.8, 4) is 16.9 Å². The third-order valence-corrected chi connectivity index (χ3v) is 4.29. The molecule has 1 unspecified atom stereocenters. The molecular weight excluding hydrogens is 348 g/mol. The Hall–Kier alpha value is -3.21. The fraction of sp³-hybridized carbons (Fsp3) is 0.136. The van der Waals surface area contributed by atoms with Crippen molar-refractivity contribution in [2.75, 3.05) is 13.2 Å². The van der Waals surface area contributed by atoms with Gasteiger partial charge in [0.25, 0.3) is 0 Å². The minimum Gasteiger partial charge on any atom is -0.491 e. The van der Waals surface area contributed by atoms with Crippen LogP contribution in [0.2, 0.25) is 0 Å². The van der Waals surface area contributed by atoms with Crippen molar-refractivity contribution in [3.05, 3.63) is 90.0 Å². The summed E-state index contributed by atoms with van der Waals surface area (Å²) in [5, 5.41) is 0. The van der Waals surface area contributed by atoms with Crippen molar-refractivity contribution in [2.24, 2.45) is 4.99 Å². The molecule has 3 nitrogen and oxygen atoms in total. The molecule has 0 fully saturated rings. The third-order valence-electron chi connectivity index (χ3n) is 4.29. The molecule has 0 saturated heterocycles. The van der Waals surface area contributed by atoms with E-state index in [0.29, 0.717) is 5.75 Å². The zero-order valence-corrected chi connectivity index (χ0v) is 14.4. The van der Waals surface area contributed by atoms with Crippen molar-refractivity contribution in [1.29, 1.82) is 0 Å². The van der Waals surface area contributed by atoms with Gasteiger partial charge in [-0.05, 0) is 35.4 Å². The first-order valence-electron chi connectivity index (χ1n) is 8.64. The van der Waals surface area contributed by atoms with Crippen LogP contribution in [0.15, 0.2) is 77.8 Å². The lowest BCUT2D eigenvalue weighted by Gasteiger charge is -2.09. The van der Waals surface area contributed by atoms with E-state index in [-0.39, 0.29) is 30.7 Å². The molecule has 4 rings (SSSR count). The Balaban J connectivity index is 1.40. The number of benzene rings is 3. The zero-order chi connectivity index (χ0) is 18.6. The van der Waals surface area contributed by atoms with Crippen LogP contribution in [0.3, 0.4) is 0 Å². The number of halogens is 2. The number of hydrogen-bond donors (Lipinski definition) is 0. The summed E-state index contributed by atoms with van der Waals surface area (Å²) in [6.07, 6.45) is 0. The Kier molecular flexibility index (Phi) is 4.83. The minimum atomic E-state index is -0.688. The molecule has 0 radical (unpaired) electrons. The summed E-state index contributed by atoms with van der Waals surface area (Å²) in [6, 6.07) is 21.2. The smallest absolute Gasteiger partial charge is 0.222 e. The molecule has 0 aliphatic carbocycles.